The molecule has 2 rings (SSSR count). The third-order valence-corrected chi connectivity index (χ3v) is 6.44. The van der Waals surface area contributed by atoms with E-state index in [0.29, 0.717) is 0 Å². The molecule has 1 atom stereocenters. The SMILES string of the molecule is CCCCCCCCCC/C=C(\Sc1ccccc1)C(O)CCc1ccccc1. The molecule has 2 aromatic rings. The van der Waals surface area contributed by atoms with Gasteiger partial charge in [0.1, 0.15) is 0 Å². The minimum absolute atomic E-state index is 0.394. The van der Waals surface area contributed by atoms with E-state index < -0.39 is 6.10 Å². The van der Waals surface area contributed by atoms with Crippen LogP contribution < -0.4 is 0 Å². The average molecular weight is 411 g/mol. The van der Waals surface area contributed by atoms with Gasteiger partial charge >= 0.3 is 0 Å². The summed E-state index contributed by atoms with van der Waals surface area (Å²) >= 11 is 1.72. The highest BCUT2D eigenvalue weighted by atomic mass is 32.2. The Labute approximate surface area is 182 Å². The summed E-state index contributed by atoms with van der Waals surface area (Å²) in [6.07, 6.45) is 15.3. The Morgan fingerprint density at radius 1 is 0.828 bits per heavy atom. The van der Waals surface area contributed by atoms with E-state index in [-0.39, 0.29) is 0 Å². The predicted molar refractivity (Wildman–Crippen MR) is 128 cm³/mol. The molecule has 158 valence electrons. The van der Waals surface area contributed by atoms with Crippen LogP contribution in [0.15, 0.2) is 76.5 Å². The van der Waals surface area contributed by atoms with E-state index in [2.05, 4.69) is 61.5 Å². The van der Waals surface area contributed by atoms with E-state index >= 15 is 0 Å². The molecule has 0 bridgehead atoms. The van der Waals surface area contributed by atoms with Gasteiger partial charge < -0.3 is 5.11 Å². The summed E-state index contributed by atoms with van der Waals surface area (Å²) < 4.78 is 0. The van der Waals surface area contributed by atoms with E-state index in [1.165, 1.54) is 61.8 Å². The third-order valence-electron chi connectivity index (χ3n) is 5.26. The molecule has 0 heterocycles. The minimum Gasteiger partial charge on any atom is -0.388 e. The van der Waals surface area contributed by atoms with Crippen molar-refractivity contribution in [2.24, 2.45) is 0 Å². The smallest absolute Gasteiger partial charge is 0.0851 e. The highest BCUT2D eigenvalue weighted by Crippen LogP contribution is 2.31. The van der Waals surface area contributed by atoms with Gasteiger partial charge in [0.05, 0.1) is 6.10 Å². The van der Waals surface area contributed by atoms with Crippen molar-refractivity contribution >= 4 is 11.8 Å². The van der Waals surface area contributed by atoms with Crippen LogP contribution >= 0.6 is 11.8 Å². The maximum Gasteiger partial charge on any atom is 0.0851 e. The first-order valence-corrected chi connectivity index (χ1v) is 12.3. The van der Waals surface area contributed by atoms with Gasteiger partial charge in [0.15, 0.2) is 0 Å². The Balaban J connectivity index is 1.81. The summed E-state index contributed by atoms with van der Waals surface area (Å²) in [5.74, 6) is 0. The lowest BCUT2D eigenvalue weighted by Crippen LogP contribution is -2.10. The van der Waals surface area contributed by atoms with Gasteiger partial charge in [-0.25, -0.2) is 0 Å². The van der Waals surface area contributed by atoms with Gasteiger partial charge in [-0.15, -0.1) is 0 Å². The molecule has 0 amide bonds. The summed E-state index contributed by atoms with van der Waals surface area (Å²) in [4.78, 5) is 2.31. The van der Waals surface area contributed by atoms with Crippen molar-refractivity contribution < 1.29 is 5.11 Å². The van der Waals surface area contributed by atoms with Crippen LogP contribution in [-0.2, 0) is 6.42 Å². The van der Waals surface area contributed by atoms with Crippen LogP contribution in [0.3, 0.4) is 0 Å². The van der Waals surface area contributed by atoms with Crippen LogP contribution in [0.2, 0.25) is 0 Å². The van der Waals surface area contributed by atoms with Crippen molar-refractivity contribution in [2.75, 3.05) is 0 Å². The number of aliphatic hydroxyl groups is 1. The van der Waals surface area contributed by atoms with Crippen molar-refractivity contribution in [1.82, 2.24) is 0 Å². The molecule has 0 aliphatic carbocycles. The highest BCUT2D eigenvalue weighted by molar-refractivity contribution is 8.03. The number of rotatable bonds is 15. The Bertz CT molecular complexity index is 665. The maximum atomic E-state index is 10.9. The van der Waals surface area contributed by atoms with Crippen LogP contribution in [0.25, 0.3) is 0 Å². The zero-order valence-electron chi connectivity index (χ0n) is 18.1. The molecule has 1 nitrogen and oxygen atoms in total. The van der Waals surface area contributed by atoms with E-state index in [1.54, 1.807) is 11.8 Å². The summed E-state index contributed by atoms with van der Waals surface area (Å²) in [6.45, 7) is 2.27. The zero-order valence-corrected chi connectivity index (χ0v) is 18.9. The Morgan fingerprint density at radius 3 is 2.07 bits per heavy atom. The van der Waals surface area contributed by atoms with Crippen molar-refractivity contribution in [3.8, 4) is 0 Å². The number of unbranched alkanes of at least 4 members (excludes halogenated alkanes) is 8. The molecule has 0 saturated carbocycles. The van der Waals surface area contributed by atoms with E-state index in [9.17, 15) is 5.11 Å². The molecule has 0 aliphatic rings. The second kappa shape index (κ2) is 15.3. The number of aliphatic hydroxyl groups excluding tert-OH is 1. The first-order valence-electron chi connectivity index (χ1n) is 11.4. The second-order valence-electron chi connectivity index (χ2n) is 7.83. The van der Waals surface area contributed by atoms with Crippen LogP contribution in [0.4, 0.5) is 0 Å². The molecule has 0 aliphatic heterocycles. The molecule has 0 saturated heterocycles. The topological polar surface area (TPSA) is 20.2 Å². The first kappa shape index (κ1) is 23.8. The molecular formula is C27H38OS. The van der Waals surface area contributed by atoms with Crippen LogP contribution in [0.1, 0.15) is 76.7 Å². The molecule has 1 N–H and O–H groups in total. The average Bonchev–Trinajstić information content (AvgIpc) is 2.77. The Hall–Kier alpha value is -1.51. The second-order valence-corrected chi connectivity index (χ2v) is 8.97. The van der Waals surface area contributed by atoms with Gasteiger partial charge in [0, 0.05) is 9.80 Å². The van der Waals surface area contributed by atoms with Gasteiger partial charge in [0.25, 0.3) is 0 Å². The lowest BCUT2D eigenvalue weighted by Gasteiger charge is -2.15. The van der Waals surface area contributed by atoms with Crippen LogP contribution in [0, 0.1) is 0 Å². The molecule has 2 heteroatoms. The summed E-state index contributed by atoms with van der Waals surface area (Å²) in [6, 6.07) is 20.9. The van der Waals surface area contributed by atoms with Gasteiger partial charge in [-0.3, -0.25) is 0 Å². The highest BCUT2D eigenvalue weighted by Gasteiger charge is 2.12. The van der Waals surface area contributed by atoms with Gasteiger partial charge in [-0.1, -0.05) is 118 Å². The lowest BCUT2D eigenvalue weighted by molar-refractivity contribution is 0.209. The number of thioether (sulfide) groups is 1. The number of hydrogen-bond donors (Lipinski definition) is 1. The quantitative estimate of drug-likeness (QED) is 0.236. The van der Waals surface area contributed by atoms with Gasteiger partial charge in [-0.05, 0) is 43.4 Å². The number of allylic oxidation sites excluding steroid dienone is 1. The summed E-state index contributed by atoms with van der Waals surface area (Å²) in [5, 5.41) is 10.9. The fourth-order valence-corrected chi connectivity index (χ4v) is 4.50. The molecular weight excluding hydrogens is 372 g/mol. The van der Waals surface area contributed by atoms with E-state index in [1.807, 2.05) is 12.1 Å². The standard InChI is InChI=1S/C27H38OS/c1-2-3-4-5-6-7-8-9-16-21-27(29-25-19-14-11-15-20-25)26(28)23-22-24-17-12-10-13-18-24/h10-15,17-21,26,28H,2-9,16,22-23H2,1H3/b27-21-. The van der Waals surface area contributed by atoms with Crippen molar-refractivity contribution in [3.63, 3.8) is 0 Å². The molecule has 0 aromatic heterocycles. The molecule has 1 unspecified atom stereocenters. The fourth-order valence-electron chi connectivity index (χ4n) is 3.48. The first-order chi connectivity index (χ1) is 14.3. The maximum absolute atomic E-state index is 10.9. The molecule has 0 spiro atoms. The van der Waals surface area contributed by atoms with E-state index in [4.69, 9.17) is 0 Å². The lowest BCUT2D eigenvalue weighted by atomic mass is 10.1. The van der Waals surface area contributed by atoms with Crippen molar-refractivity contribution in [2.45, 2.75) is 88.6 Å². The minimum atomic E-state index is -0.394. The largest absolute Gasteiger partial charge is 0.388 e. The Kier molecular flexibility index (Phi) is 12.6. The van der Waals surface area contributed by atoms with Crippen LogP contribution in [0.5, 0.6) is 0 Å². The zero-order chi connectivity index (χ0) is 20.6. The summed E-state index contributed by atoms with van der Waals surface area (Å²) in [5.41, 5.74) is 1.29. The number of hydrogen-bond acceptors (Lipinski definition) is 2. The molecule has 29 heavy (non-hydrogen) atoms. The van der Waals surface area contributed by atoms with Gasteiger partial charge in [0.2, 0.25) is 0 Å². The Morgan fingerprint density at radius 2 is 1.41 bits per heavy atom. The van der Waals surface area contributed by atoms with Crippen molar-refractivity contribution in [3.05, 3.63) is 77.2 Å². The normalized spacial score (nSPS) is 12.8. The third kappa shape index (κ3) is 10.7. The fraction of sp³-hybridized carbons (Fsp3) is 0.481. The van der Waals surface area contributed by atoms with Crippen LogP contribution in [-0.4, -0.2) is 11.2 Å². The monoisotopic (exact) mass is 410 g/mol. The van der Waals surface area contributed by atoms with E-state index in [0.717, 1.165) is 24.2 Å². The summed E-state index contributed by atoms with van der Waals surface area (Å²) in [7, 11) is 0. The molecule has 2 aromatic carbocycles. The number of benzene rings is 2. The van der Waals surface area contributed by atoms with Gasteiger partial charge in [-0.2, -0.15) is 0 Å². The predicted octanol–water partition coefficient (Wildman–Crippen LogP) is 8.19. The van der Waals surface area contributed by atoms with Crippen molar-refractivity contribution in [1.29, 1.82) is 0 Å². The molecule has 0 radical (unpaired) electrons. The number of aryl methyl sites for hydroxylation is 1. The molecule has 0 fully saturated rings.